The predicted molar refractivity (Wildman–Crippen MR) is 57.7 cm³/mol. The van der Waals surface area contributed by atoms with Crippen LogP contribution in [-0.2, 0) is 0 Å². The number of hydrogen-bond acceptors (Lipinski definition) is 2. The molecule has 0 aromatic heterocycles. The molecule has 0 amide bonds. The van der Waals surface area contributed by atoms with E-state index in [4.69, 9.17) is 5.73 Å². The molecule has 2 nitrogen and oxygen atoms in total. The third-order valence-electron chi connectivity index (χ3n) is 3.18. The number of nitrogens with zero attached hydrogens (tertiary/aromatic N) is 1. The average molecular weight is 184 g/mol. The summed E-state index contributed by atoms with van der Waals surface area (Å²) in [5.74, 6) is 0.784. The highest BCUT2D eigenvalue weighted by Gasteiger charge is 2.27. The van der Waals surface area contributed by atoms with Crippen molar-refractivity contribution in [2.75, 3.05) is 13.1 Å². The third kappa shape index (κ3) is 2.96. The minimum absolute atomic E-state index is 0.374. The van der Waals surface area contributed by atoms with Crippen molar-refractivity contribution in [2.45, 2.75) is 52.1 Å². The first-order chi connectivity index (χ1) is 6.15. The van der Waals surface area contributed by atoms with Crippen molar-refractivity contribution in [3.8, 4) is 0 Å². The quantitative estimate of drug-likeness (QED) is 0.722. The highest BCUT2D eigenvalue weighted by molar-refractivity contribution is 4.83. The Morgan fingerprint density at radius 1 is 1.46 bits per heavy atom. The number of rotatable bonds is 4. The fraction of sp³-hybridized carbons (Fsp3) is 1.00. The highest BCUT2D eigenvalue weighted by atomic mass is 15.2. The van der Waals surface area contributed by atoms with Crippen LogP contribution in [0.15, 0.2) is 0 Å². The molecule has 2 heteroatoms. The molecule has 0 aliphatic carbocycles. The van der Waals surface area contributed by atoms with Crippen LogP contribution in [0.25, 0.3) is 0 Å². The van der Waals surface area contributed by atoms with Gasteiger partial charge in [0.2, 0.25) is 0 Å². The number of likely N-dealkylation sites (tertiary alicyclic amines) is 1. The van der Waals surface area contributed by atoms with Gasteiger partial charge in [0.15, 0.2) is 0 Å². The van der Waals surface area contributed by atoms with Crippen LogP contribution in [0, 0.1) is 5.92 Å². The van der Waals surface area contributed by atoms with Gasteiger partial charge in [-0.25, -0.2) is 0 Å². The summed E-state index contributed by atoms with van der Waals surface area (Å²) in [5.41, 5.74) is 5.97. The van der Waals surface area contributed by atoms with Crippen molar-refractivity contribution in [1.29, 1.82) is 0 Å². The Balaban J connectivity index is 2.39. The van der Waals surface area contributed by atoms with Gasteiger partial charge in [-0.2, -0.15) is 0 Å². The molecule has 0 saturated carbocycles. The van der Waals surface area contributed by atoms with E-state index in [0.717, 1.165) is 24.9 Å². The van der Waals surface area contributed by atoms with E-state index in [1.165, 1.54) is 19.4 Å². The summed E-state index contributed by atoms with van der Waals surface area (Å²) in [5, 5.41) is 0. The molecule has 2 unspecified atom stereocenters. The Hall–Kier alpha value is -0.0800. The summed E-state index contributed by atoms with van der Waals surface area (Å²) < 4.78 is 0. The maximum Gasteiger partial charge on any atom is 0.0165 e. The lowest BCUT2D eigenvalue weighted by atomic mass is 10.0. The van der Waals surface area contributed by atoms with Crippen molar-refractivity contribution in [3.63, 3.8) is 0 Å². The molecule has 2 N–H and O–H groups in total. The first-order valence-electron chi connectivity index (χ1n) is 5.64. The summed E-state index contributed by atoms with van der Waals surface area (Å²) in [7, 11) is 0. The van der Waals surface area contributed by atoms with Crippen LogP contribution in [0.4, 0.5) is 0 Å². The van der Waals surface area contributed by atoms with E-state index in [2.05, 4.69) is 25.7 Å². The van der Waals surface area contributed by atoms with Gasteiger partial charge in [-0.05, 0) is 31.7 Å². The van der Waals surface area contributed by atoms with Crippen LogP contribution in [0.5, 0.6) is 0 Å². The molecule has 1 saturated heterocycles. The fourth-order valence-electron chi connectivity index (χ4n) is 2.26. The second-order valence-electron chi connectivity index (χ2n) is 4.62. The minimum atomic E-state index is 0.374. The summed E-state index contributed by atoms with van der Waals surface area (Å²) in [6.07, 6.45) is 3.83. The first kappa shape index (κ1) is 11.0. The van der Waals surface area contributed by atoms with Gasteiger partial charge in [0.05, 0.1) is 0 Å². The molecule has 1 fully saturated rings. The Morgan fingerprint density at radius 3 is 2.69 bits per heavy atom. The van der Waals surface area contributed by atoms with E-state index < -0.39 is 0 Å². The normalized spacial score (nSPS) is 27.0. The van der Waals surface area contributed by atoms with Gasteiger partial charge in [0.25, 0.3) is 0 Å². The van der Waals surface area contributed by atoms with E-state index >= 15 is 0 Å². The zero-order valence-electron chi connectivity index (χ0n) is 9.29. The summed E-state index contributed by atoms with van der Waals surface area (Å²) in [6.45, 7) is 9.17. The largest absolute Gasteiger partial charge is 0.327 e. The Labute approximate surface area is 82.5 Å². The van der Waals surface area contributed by atoms with Crippen LogP contribution in [0.2, 0.25) is 0 Å². The standard InChI is InChI=1S/C11H24N2/c1-4-10(12)8-13-7-5-6-11(13)9(2)3/h9-11H,4-8,12H2,1-3H3. The van der Waals surface area contributed by atoms with E-state index in [0.29, 0.717) is 6.04 Å². The van der Waals surface area contributed by atoms with Crippen molar-refractivity contribution < 1.29 is 0 Å². The molecule has 0 radical (unpaired) electrons. The van der Waals surface area contributed by atoms with Gasteiger partial charge < -0.3 is 5.73 Å². The van der Waals surface area contributed by atoms with Gasteiger partial charge in [-0.1, -0.05) is 20.8 Å². The van der Waals surface area contributed by atoms with Gasteiger partial charge in [0.1, 0.15) is 0 Å². The Kier molecular flexibility index (Phi) is 4.20. The Bertz CT molecular complexity index is 145. The summed E-state index contributed by atoms with van der Waals surface area (Å²) in [4.78, 5) is 2.58. The lowest BCUT2D eigenvalue weighted by Crippen LogP contribution is -2.41. The molecule has 13 heavy (non-hydrogen) atoms. The lowest BCUT2D eigenvalue weighted by Gasteiger charge is -2.29. The van der Waals surface area contributed by atoms with Crippen LogP contribution < -0.4 is 5.73 Å². The van der Waals surface area contributed by atoms with Gasteiger partial charge in [0, 0.05) is 18.6 Å². The zero-order chi connectivity index (χ0) is 9.84. The average Bonchev–Trinajstić information content (AvgIpc) is 2.52. The summed E-state index contributed by atoms with van der Waals surface area (Å²) >= 11 is 0. The fourth-order valence-corrected chi connectivity index (χ4v) is 2.26. The number of hydrogen-bond donors (Lipinski definition) is 1. The molecular formula is C11H24N2. The van der Waals surface area contributed by atoms with E-state index in [1.807, 2.05) is 0 Å². The van der Waals surface area contributed by atoms with Crippen LogP contribution in [0.3, 0.4) is 0 Å². The molecule has 1 aliphatic rings. The van der Waals surface area contributed by atoms with Gasteiger partial charge in [-0.15, -0.1) is 0 Å². The van der Waals surface area contributed by atoms with Crippen molar-refractivity contribution in [2.24, 2.45) is 11.7 Å². The smallest absolute Gasteiger partial charge is 0.0165 e. The van der Waals surface area contributed by atoms with Crippen molar-refractivity contribution in [3.05, 3.63) is 0 Å². The van der Waals surface area contributed by atoms with Crippen LogP contribution in [-0.4, -0.2) is 30.1 Å². The second-order valence-corrected chi connectivity index (χ2v) is 4.62. The molecule has 0 spiro atoms. The monoisotopic (exact) mass is 184 g/mol. The first-order valence-corrected chi connectivity index (χ1v) is 5.64. The van der Waals surface area contributed by atoms with Crippen molar-refractivity contribution in [1.82, 2.24) is 4.90 Å². The van der Waals surface area contributed by atoms with E-state index in [-0.39, 0.29) is 0 Å². The molecule has 0 bridgehead atoms. The zero-order valence-corrected chi connectivity index (χ0v) is 9.29. The lowest BCUT2D eigenvalue weighted by molar-refractivity contribution is 0.194. The SMILES string of the molecule is CCC(N)CN1CCCC1C(C)C. The van der Waals surface area contributed by atoms with Crippen molar-refractivity contribution >= 4 is 0 Å². The number of nitrogens with two attached hydrogens (primary N) is 1. The molecule has 2 atom stereocenters. The summed E-state index contributed by atoms with van der Waals surface area (Å²) in [6, 6.07) is 1.16. The minimum Gasteiger partial charge on any atom is -0.327 e. The molecule has 0 aromatic carbocycles. The molecular weight excluding hydrogens is 160 g/mol. The third-order valence-corrected chi connectivity index (χ3v) is 3.18. The highest BCUT2D eigenvalue weighted by Crippen LogP contribution is 2.23. The second kappa shape index (κ2) is 4.97. The molecule has 1 aliphatic heterocycles. The Morgan fingerprint density at radius 2 is 2.15 bits per heavy atom. The van der Waals surface area contributed by atoms with E-state index in [1.54, 1.807) is 0 Å². The van der Waals surface area contributed by atoms with Crippen LogP contribution in [0.1, 0.15) is 40.0 Å². The molecule has 1 rings (SSSR count). The van der Waals surface area contributed by atoms with Gasteiger partial charge in [-0.3, -0.25) is 4.90 Å². The maximum absolute atomic E-state index is 5.97. The molecule has 1 heterocycles. The van der Waals surface area contributed by atoms with E-state index in [9.17, 15) is 0 Å². The van der Waals surface area contributed by atoms with Crippen LogP contribution >= 0.6 is 0 Å². The molecule has 78 valence electrons. The predicted octanol–water partition coefficient (Wildman–Crippen LogP) is 1.84. The van der Waals surface area contributed by atoms with Gasteiger partial charge >= 0.3 is 0 Å². The molecule has 0 aromatic rings. The topological polar surface area (TPSA) is 29.3 Å². The maximum atomic E-state index is 5.97.